The fraction of sp³-hybridized carbons (Fsp3) is 0.750. The van der Waals surface area contributed by atoms with E-state index in [4.69, 9.17) is 19.6 Å². The van der Waals surface area contributed by atoms with Crippen molar-refractivity contribution in [3.63, 3.8) is 0 Å². The summed E-state index contributed by atoms with van der Waals surface area (Å²) in [6.07, 6.45) is 0. The van der Waals surface area contributed by atoms with Crippen LogP contribution >= 0.6 is 7.81 Å². The average Bonchev–Trinajstić information content (AvgIpc) is 2.52. The molecule has 1 fully saturated rings. The van der Waals surface area contributed by atoms with Crippen LogP contribution in [0.2, 0.25) is 0 Å². The Morgan fingerprint density at radius 3 is 2.14 bits per heavy atom. The molecule has 1 atom stereocenters. The molecule has 0 N–H and O–H groups in total. The van der Waals surface area contributed by atoms with E-state index in [1.165, 1.54) is 0 Å². The van der Waals surface area contributed by atoms with Crippen molar-refractivity contribution < 1.29 is 48.9 Å². The average molecular weight is 443 g/mol. The van der Waals surface area contributed by atoms with E-state index in [9.17, 15) is 30.0 Å². The van der Waals surface area contributed by atoms with E-state index >= 15 is 0 Å². The Kier molecular flexibility index (Phi) is 8.60. The van der Waals surface area contributed by atoms with Gasteiger partial charge in [-0.2, -0.15) is 5.26 Å². The van der Waals surface area contributed by atoms with Gasteiger partial charge in [0.05, 0.1) is 33.9 Å². The molecule has 1 aliphatic heterocycles. The summed E-state index contributed by atoms with van der Waals surface area (Å²) in [6.45, 7) is 4.36. The monoisotopic (exact) mass is 443 g/mol. The van der Waals surface area contributed by atoms with Crippen molar-refractivity contribution in [3.05, 3.63) is 0 Å². The predicted octanol–water partition coefficient (Wildman–Crippen LogP) is 3.17. The van der Waals surface area contributed by atoms with Gasteiger partial charge in [-0.15, -0.1) is 5.11 Å². The van der Waals surface area contributed by atoms with Gasteiger partial charge in [0, 0.05) is 5.28 Å². The number of esters is 1. The van der Waals surface area contributed by atoms with E-state index in [2.05, 4.69) is 10.4 Å². The third-order valence-electron chi connectivity index (χ3n) is 2.58. The Hall–Kier alpha value is -2.20. The van der Waals surface area contributed by atoms with Crippen LogP contribution < -0.4 is 0 Å². The SMILES string of the molecule is CCOC(=O)C(C#N)N=NOC(N1CCOCC1)=[N+](C)C.F[P-](F)(F)(F)(F)F. The molecule has 0 bridgehead atoms. The molecule has 1 heterocycles. The molecule has 0 aromatic carbocycles. The third-order valence-corrected chi connectivity index (χ3v) is 2.58. The summed E-state index contributed by atoms with van der Waals surface area (Å²) in [5, 5.41) is 15.9. The number of hydrogen-bond acceptors (Lipinski definition) is 7. The molecule has 164 valence electrons. The van der Waals surface area contributed by atoms with Crippen molar-refractivity contribution in [1.82, 2.24) is 4.90 Å². The Morgan fingerprint density at radius 1 is 1.25 bits per heavy atom. The normalized spacial score (nSPS) is 17.9. The summed E-state index contributed by atoms with van der Waals surface area (Å²) < 4.78 is 70.9. The Labute approximate surface area is 156 Å². The fourth-order valence-electron chi connectivity index (χ4n) is 1.63. The molecule has 0 amide bonds. The van der Waals surface area contributed by atoms with E-state index in [0.29, 0.717) is 32.3 Å². The van der Waals surface area contributed by atoms with Crippen molar-refractivity contribution in [3.8, 4) is 6.07 Å². The molecule has 0 aromatic heterocycles. The maximum absolute atomic E-state index is 11.4. The van der Waals surface area contributed by atoms with Gasteiger partial charge in [-0.1, -0.05) is 0 Å². The first kappa shape index (κ1) is 25.8. The van der Waals surface area contributed by atoms with E-state index in [-0.39, 0.29) is 6.61 Å². The number of carbonyl (C=O) groups excluding carboxylic acids is 1. The quantitative estimate of drug-likeness (QED) is 0.0968. The van der Waals surface area contributed by atoms with Crippen LogP contribution in [0, 0.1) is 11.3 Å². The molecule has 1 aliphatic rings. The van der Waals surface area contributed by atoms with Crippen molar-refractivity contribution in [2.75, 3.05) is 47.0 Å². The van der Waals surface area contributed by atoms with Gasteiger partial charge >= 0.3 is 45.0 Å². The molecule has 1 unspecified atom stereocenters. The minimum atomic E-state index is -10.7. The van der Waals surface area contributed by atoms with Gasteiger partial charge in [-0.3, -0.25) is 4.84 Å². The zero-order chi connectivity index (χ0) is 22.1. The summed E-state index contributed by atoms with van der Waals surface area (Å²) in [5.74, 6) is -0.745. The number of rotatable bonds is 4. The van der Waals surface area contributed by atoms with Crippen molar-refractivity contribution in [2.45, 2.75) is 13.0 Å². The molecule has 0 radical (unpaired) electrons. The number of nitriles is 1. The summed E-state index contributed by atoms with van der Waals surface area (Å²) in [5.41, 5.74) is 0. The topological polar surface area (TPSA) is 99.5 Å². The van der Waals surface area contributed by atoms with Crippen LogP contribution in [-0.4, -0.2) is 74.5 Å². The summed E-state index contributed by atoms with van der Waals surface area (Å²) >= 11 is 0. The molecule has 1 rings (SSSR count). The number of halogens is 6. The van der Waals surface area contributed by atoms with Crippen LogP contribution in [0.5, 0.6) is 0 Å². The number of hydrogen-bond donors (Lipinski definition) is 0. The Morgan fingerprint density at radius 2 is 1.75 bits per heavy atom. The number of morpholine rings is 1. The van der Waals surface area contributed by atoms with Gasteiger partial charge in [0.25, 0.3) is 6.04 Å². The predicted molar refractivity (Wildman–Crippen MR) is 85.1 cm³/mol. The molecule has 0 aliphatic carbocycles. The zero-order valence-electron chi connectivity index (χ0n) is 15.2. The van der Waals surface area contributed by atoms with Gasteiger partial charge in [0.1, 0.15) is 19.2 Å². The molecular weight excluding hydrogens is 423 g/mol. The summed E-state index contributed by atoms with van der Waals surface area (Å²) in [7, 11) is -7.06. The van der Waals surface area contributed by atoms with Gasteiger partial charge in [-0.05, 0) is 6.92 Å². The molecule has 9 nitrogen and oxygen atoms in total. The first-order chi connectivity index (χ1) is 12.5. The second-order valence-corrected chi connectivity index (χ2v) is 7.22. The maximum atomic E-state index is 11.4. The Bertz CT molecular complexity index is 627. The van der Waals surface area contributed by atoms with Crippen LogP contribution in [-0.2, 0) is 19.1 Å². The molecule has 0 aromatic rings. The number of ether oxygens (including phenoxy) is 2. The van der Waals surface area contributed by atoms with Crippen molar-refractivity contribution in [2.24, 2.45) is 10.4 Å². The van der Waals surface area contributed by atoms with Crippen LogP contribution in [0.15, 0.2) is 10.4 Å². The fourth-order valence-corrected chi connectivity index (χ4v) is 1.63. The zero-order valence-corrected chi connectivity index (χ0v) is 16.1. The third kappa shape index (κ3) is 14.9. The van der Waals surface area contributed by atoms with E-state index in [1.54, 1.807) is 31.7 Å². The second kappa shape index (κ2) is 9.33. The van der Waals surface area contributed by atoms with Crippen molar-refractivity contribution >= 4 is 19.8 Å². The number of nitrogens with zero attached hydrogens (tertiary/aromatic N) is 5. The molecule has 16 heteroatoms. The van der Waals surface area contributed by atoms with E-state index in [0.717, 1.165) is 0 Å². The second-order valence-electron chi connectivity index (χ2n) is 5.31. The Balaban J connectivity index is 0.000000887. The molecule has 0 saturated carbocycles. The van der Waals surface area contributed by atoms with Gasteiger partial charge in [0.15, 0.2) is 0 Å². The van der Waals surface area contributed by atoms with Crippen molar-refractivity contribution in [1.29, 1.82) is 5.26 Å². The van der Waals surface area contributed by atoms with Gasteiger partial charge < -0.3 is 9.47 Å². The van der Waals surface area contributed by atoms with Crippen LogP contribution in [0.25, 0.3) is 0 Å². The van der Waals surface area contributed by atoms with Crippen LogP contribution in [0.4, 0.5) is 25.2 Å². The van der Waals surface area contributed by atoms with Gasteiger partial charge in [0.2, 0.25) is 0 Å². The van der Waals surface area contributed by atoms with Crippen LogP contribution in [0.3, 0.4) is 0 Å². The number of amidine groups is 1. The molecule has 0 spiro atoms. The van der Waals surface area contributed by atoms with E-state index in [1.807, 2.05) is 4.90 Å². The minimum absolute atomic E-state index is 0.177. The number of carbonyl (C=O) groups is 1. The first-order valence-electron chi connectivity index (χ1n) is 7.62. The molecule has 28 heavy (non-hydrogen) atoms. The molecular formula is C12H20F6N5O4P. The summed E-state index contributed by atoms with van der Waals surface area (Å²) in [6, 6.07) is 0.851. The molecule has 1 saturated heterocycles. The van der Waals surface area contributed by atoms with Crippen LogP contribution in [0.1, 0.15) is 6.92 Å². The summed E-state index contributed by atoms with van der Waals surface area (Å²) in [4.78, 5) is 18.5. The first-order valence-corrected chi connectivity index (χ1v) is 9.64. The van der Waals surface area contributed by atoms with Gasteiger partial charge in [-0.25, -0.2) is 14.3 Å². The van der Waals surface area contributed by atoms with E-state index < -0.39 is 19.8 Å². The standard InChI is InChI=1S/C12H20N5O4.F6P/c1-4-20-11(18)10(9-13)14-15-21-12(16(2)3)17-5-7-19-8-6-17;1-7(2,3,4,5)6/h10H,4-8H2,1-3H3;/q+1;-1.